The van der Waals surface area contributed by atoms with Crippen LogP contribution in [0, 0.1) is 5.92 Å². The van der Waals surface area contributed by atoms with Gasteiger partial charge in [-0.05, 0) is 19.3 Å². The Balaban J connectivity index is 2.04. The van der Waals surface area contributed by atoms with Gasteiger partial charge in [-0.15, -0.1) is 0 Å². The summed E-state index contributed by atoms with van der Waals surface area (Å²) < 4.78 is 10.9. The summed E-state index contributed by atoms with van der Waals surface area (Å²) in [5.41, 5.74) is 0. The molecule has 2 atom stereocenters. The molecule has 1 aliphatic heterocycles. The zero-order valence-electron chi connectivity index (χ0n) is 9.58. The first-order valence-electron chi connectivity index (χ1n) is 5.66. The van der Waals surface area contributed by atoms with E-state index in [2.05, 4.69) is 19.2 Å². The van der Waals surface area contributed by atoms with Gasteiger partial charge in [-0.3, -0.25) is 0 Å². The predicted octanol–water partition coefficient (Wildman–Crippen LogP) is 1.43. The van der Waals surface area contributed by atoms with Crippen LogP contribution in [0.1, 0.15) is 27.2 Å². The van der Waals surface area contributed by atoms with E-state index in [1.165, 1.54) is 0 Å². The molecule has 0 bridgehead atoms. The highest BCUT2D eigenvalue weighted by atomic mass is 16.5. The molecule has 3 heteroatoms. The minimum Gasteiger partial charge on any atom is -0.379 e. The van der Waals surface area contributed by atoms with Crippen LogP contribution in [0.3, 0.4) is 0 Å². The quantitative estimate of drug-likeness (QED) is 0.659. The molecule has 0 aliphatic carbocycles. The summed E-state index contributed by atoms with van der Waals surface area (Å²) in [5, 5.41) is 3.48. The first kappa shape index (κ1) is 12.0. The lowest BCUT2D eigenvalue weighted by Crippen LogP contribution is -2.26. The molecule has 2 unspecified atom stereocenters. The molecule has 1 aliphatic rings. The third-order valence-corrected chi connectivity index (χ3v) is 2.71. The molecule has 0 radical (unpaired) electrons. The van der Waals surface area contributed by atoms with Crippen LogP contribution in [0.5, 0.6) is 0 Å². The number of ether oxygens (including phenoxy) is 2. The molecule has 1 saturated heterocycles. The molecule has 1 heterocycles. The lowest BCUT2D eigenvalue weighted by molar-refractivity contribution is 0.0148. The van der Waals surface area contributed by atoms with E-state index in [4.69, 9.17) is 9.47 Å². The van der Waals surface area contributed by atoms with Gasteiger partial charge in [-0.25, -0.2) is 0 Å². The van der Waals surface area contributed by atoms with Crippen molar-refractivity contribution in [1.82, 2.24) is 5.32 Å². The monoisotopic (exact) mass is 201 g/mol. The van der Waals surface area contributed by atoms with Crippen molar-refractivity contribution in [2.45, 2.75) is 39.3 Å². The SMILES string of the molecule is CCOCCOC1CNC(C(C)C)C1. The zero-order valence-corrected chi connectivity index (χ0v) is 9.58. The zero-order chi connectivity index (χ0) is 10.4. The Labute approximate surface area is 87.2 Å². The van der Waals surface area contributed by atoms with Gasteiger partial charge in [-0.2, -0.15) is 0 Å². The Bertz CT molecular complexity index is 150. The van der Waals surface area contributed by atoms with Crippen molar-refractivity contribution in [2.75, 3.05) is 26.4 Å². The Hall–Kier alpha value is -0.120. The van der Waals surface area contributed by atoms with Crippen molar-refractivity contribution in [2.24, 2.45) is 5.92 Å². The first-order valence-corrected chi connectivity index (χ1v) is 5.66. The van der Waals surface area contributed by atoms with Crippen molar-refractivity contribution >= 4 is 0 Å². The highest BCUT2D eigenvalue weighted by Gasteiger charge is 2.26. The molecule has 0 aromatic heterocycles. The molecule has 1 rings (SSSR count). The molecule has 3 nitrogen and oxygen atoms in total. The van der Waals surface area contributed by atoms with E-state index >= 15 is 0 Å². The van der Waals surface area contributed by atoms with Crippen LogP contribution < -0.4 is 5.32 Å². The topological polar surface area (TPSA) is 30.5 Å². The summed E-state index contributed by atoms with van der Waals surface area (Å²) >= 11 is 0. The summed E-state index contributed by atoms with van der Waals surface area (Å²) in [6.07, 6.45) is 1.53. The van der Waals surface area contributed by atoms with Gasteiger partial charge in [0, 0.05) is 19.2 Å². The van der Waals surface area contributed by atoms with E-state index < -0.39 is 0 Å². The van der Waals surface area contributed by atoms with E-state index in [1.54, 1.807) is 0 Å². The smallest absolute Gasteiger partial charge is 0.0715 e. The fourth-order valence-electron chi connectivity index (χ4n) is 1.79. The van der Waals surface area contributed by atoms with E-state index in [1.807, 2.05) is 6.92 Å². The van der Waals surface area contributed by atoms with Gasteiger partial charge < -0.3 is 14.8 Å². The Kier molecular flexibility index (Phi) is 5.45. The lowest BCUT2D eigenvalue weighted by Gasteiger charge is -2.14. The molecular weight excluding hydrogens is 178 g/mol. The van der Waals surface area contributed by atoms with Crippen LogP contribution in [-0.4, -0.2) is 38.5 Å². The Morgan fingerprint density at radius 2 is 2.14 bits per heavy atom. The fraction of sp³-hybridized carbons (Fsp3) is 1.00. The molecule has 84 valence electrons. The maximum absolute atomic E-state index is 5.70. The first-order chi connectivity index (χ1) is 6.74. The third kappa shape index (κ3) is 3.95. The standard InChI is InChI=1S/C11H23NO2/c1-4-13-5-6-14-10-7-11(9(2)3)12-8-10/h9-12H,4-8H2,1-3H3. The summed E-state index contributed by atoms with van der Waals surface area (Å²) in [4.78, 5) is 0. The van der Waals surface area contributed by atoms with Crippen molar-refractivity contribution < 1.29 is 9.47 Å². The van der Waals surface area contributed by atoms with Crippen molar-refractivity contribution in [1.29, 1.82) is 0 Å². The molecule has 0 spiro atoms. The van der Waals surface area contributed by atoms with Crippen LogP contribution in [-0.2, 0) is 9.47 Å². The van der Waals surface area contributed by atoms with Crippen LogP contribution in [0.25, 0.3) is 0 Å². The minimum atomic E-state index is 0.392. The average Bonchev–Trinajstić information content (AvgIpc) is 2.61. The van der Waals surface area contributed by atoms with Crippen molar-refractivity contribution in [3.63, 3.8) is 0 Å². The molecule has 14 heavy (non-hydrogen) atoms. The van der Waals surface area contributed by atoms with Gasteiger partial charge >= 0.3 is 0 Å². The summed E-state index contributed by atoms with van der Waals surface area (Å²) in [6.45, 7) is 9.73. The highest BCUT2D eigenvalue weighted by molar-refractivity contribution is 4.84. The maximum Gasteiger partial charge on any atom is 0.0715 e. The lowest BCUT2D eigenvalue weighted by atomic mass is 10.0. The Morgan fingerprint density at radius 3 is 2.71 bits per heavy atom. The van der Waals surface area contributed by atoms with Gasteiger partial charge in [0.15, 0.2) is 0 Å². The molecular formula is C11H23NO2. The van der Waals surface area contributed by atoms with E-state index in [0.717, 1.165) is 32.8 Å². The normalized spacial score (nSPS) is 27.4. The largest absolute Gasteiger partial charge is 0.379 e. The Morgan fingerprint density at radius 1 is 1.36 bits per heavy atom. The number of hydrogen-bond acceptors (Lipinski definition) is 3. The molecule has 0 saturated carbocycles. The predicted molar refractivity (Wildman–Crippen MR) is 57.5 cm³/mol. The minimum absolute atomic E-state index is 0.392. The number of rotatable bonds is 6. The van der Waals surface area contributed by atoms with Crippen LogP contribution in [0.4, 0.5) is 0 Å². The van der Waals surface area contributed by atoms with Crippen molar-refractivity contribution in [3.8, 4) is 0 Å². The van der Waals surface area contributed by atoms with Gasteiger partial charge in [0.05, 0.1) is 19.3 Å². The number of nitrogens with one attached hydrogen (secondary N) is 1. The van der Waals surface area contributed by atoms with Crippen LogP contribution >= 0.6 is 0 Å². The third-order valence-electron chi connectivity index (χ3n) is 2.71. The highest BCUT2D eigenvalue weighted by Crippen LogP contribution is 2.16. The molecule has 0 aromatic rings. The summed E-state index contributed by atoms with van der Waals surface area (Å²) in [7, 11) is 0. The maximum atomic E-state index is 5.70. The second-order valence-electron chi connectivity index (χ2n) is 4.18. The van der Waals surface area contributed by atoms with Gasteiger partial charge in [0.1, 0.15) is 0 Å². The summed E-state index contributed by atoms with van der Waals surface area (Å²) in [5.74, 6) is 0.704. The number of hydrogen-bond donors (Lipinski definition) is 1. The second kappa shape index (κ2) is 6.38. The van der Waals surface area contributed by atoms with Crippen LogP contribution in [0.15, 0.2) is 0 Å². The average molecular weight is 201 g/mol. The summed E-state index contributed by atoms with van der Waals surface area (Å²) in [6, 6.07) is 0.632. The molecule has 0 aromatic carbocycles. The molecule has 0 amide bonds. The van der Waals surface area contributed by atoms with E-state index in [9.17, 15) is 0 Å². The second-order valence-corrected chi connectivity index (χ2v) is 4.18. The van der Waals surface area contributed by atoms with Crippen molar-refractivity contribution in [3.05, 3.63) is 0 Å². The van der Waals surface area contributed by atoms with E-state index in [-0.39, 0.29) is 0 Å². The fourth-order valence-corrected chi connectivity index (χ4v) is 1.79. The van der Waals surface area contributed by atoms with E-state index in [0.29, 0.717) is 18.1 Å². The van der Waals surface area contributed by atoms with Gasteiger partial charge in [-0.1, -0.05) is 13.8 Å². The molecule has 1 N–H and O–H groups in total. The molecule has 1 fully saturated rings. The van der Waals surface area contributed by atoms with Gasteiger partial charge in [0.2, 0.25) is 0 Å². The van der Waals surface area contributed by atoms with Crippen LogP contribution in [0.2, 0.25) is 0 Å². The van der Waals surface area contributed by atoms with Gasteiger partial charge in [0.25, 0.3) is 0 Å².